The van der Waals surface area contributed by atoms with Crippen molar-refractivity contribution in [2.45, 2.75) is 32.7 Å². The lowest BCUT2D eigenvalue weighted by atomic mass is 9.96. The SMILES string of the molecule is CCCc1cccc(C(NCC)c2ccc(F)c(Br)c2)c1. The smallest absolute Gasteiger partial charge is 0.137 e. The van der Waals surface area contributed by atoms with E-state index in [0.29, 0.717) is 4.47 Å². The third-order valence-corrected chi connectivity index (χ3v) is 4.12. The first-order valence-corrected chi connectivity index (χ1v) is 8.22. The van der Waals surface area contributed by atoms with Gasteiger partial charge in [0.1, 0.15) is 5.82 Å². The quantitative estimate of drug-likeness (QED) is 0.751. The maximum absolute atomic E-state index is 13.4. The summed E-state index contributed by atoms with van der Waals surface area (Å²) in [7, 11) is 0. The lowest BCUT2D eigenvalue weighted by Crippen LogP contribution is -2.22. The first-order valence-electron chi connectivity index (χ1n) is 7.42. The third kappa shape index (κ3) is 4.14. The summed E-state index contributed by atoms with van der Waals surface area (Å²) in [5.41, 5.74) is 3.64. The van der Waals surface area contributed by atoms with Gasteiger partial charge in [0.25, 0.3) is 0 Å². The third-order valence-electron chi connectivity index (χ3n) is 3.51. The topological polar surface area (TPSA) is 12.0 Å². The lowest BCUT2D eigenvalue weighted by Gasteiger charge is -2.20. The van der Waals surface area contributed by atoms with Crippen molar-refractivity contribution in [2.24, 2.45) is 0 Å². The molecule has 0 saturated carbocycles. The maximum Gasteiger partial charge on any atom is 0.137 e. The van der Waals surface area contributed by atoms with Gasteiger partial charge in [-0.1, -0.05) is 50.6 Å². The van der Waals surface area contributed by atoms with Gasteiger partial charge in [-0.2, -0.15) is 0 Å². The van der Waals surface area contributed by atoms with Gasteiger partial charge in [0.15, 0.2) is 0 Å². The Morgan fingerprint density at radius 2 is 1.86 bits per heavy atom. The second-order valence-electron chi connectivity index (χ2n) is 5.16. The molecule has 0 aliphatic carbocycles. The fourth-order valence-electron chi connectivity index (χ4n) is 2.54. The van der Waals surface area contributed by atoms with Crippen LogP contribution in [0.25, 0.3) is 0 Å². The highest BCUT2D eigenvalue weighted by Crippen LogP contribution is 2.27. The molecular weight excluding hydrogens is 329 g/mol. The van der Waals surface area contributed by atoms with Gasteiger partial charge in [-0.05, 0) is 57.7 Å². The highest BCUT2D eigenvalue weighted by atomic mass is 79.9. The van der Waals surface area contributed by atoms with Crippen LogP contribution < -0.4 is 5.32 Å². The molecule has 1 nitrogen and oxygen atoms in total. The van der Waals surface area contributed by atoms with Crippen LogP contribution in [0.1, 0.15) is 43.0 Å². The summed E-state index contributed by atoms with van der Waals surface area (Å²) in [4.78, 5) is 0. The predicted molar refractivity (Wildman–Crippen MR) is 90.1 cm³/mol. The highest BCUT2D eigenvalue weighted by Gasteiger charge is 2.14. The predicted octanol–water partition coefficient (Wildman–Crippen LogP) is 5.24. The summed E-state index contributed by atoms with van der Waals surface area (Å²) in [5.74, 6) is -0.228. The molecule has 2 rings (SSSR count). The normalized spacial score (nSPS) is 12.4. The number of aryl methyl sites for hydroxylation is 1. The van der Waals surface area contributed by atoms with Gasteiger partial charge in [0.05, 0.1) is 10.5 Å². The summed E-state index contributed by atoms with van der Waals surface area (Å²) < 4.78 is 14.0. The monoisotopic (exact) mass is 349 g/mol. The molecule has 0 heterocycles. The second kappa shape index (κ2) is 7.71. The molecule has 0 aliphatic rings. The van der Waals surface area contributed by atoms with Gasteiger partial charge >= 0.3 is 0 Å². The zero-order chi connectivity index (χ0) is 15.2. The molecule has 1 atom stereocenters. The molecule has 0 saturated heterocycles. The molecule has 112 valence electrons. The molecule has 0 radical (unpaired) electrons. The van der Waals surface area contributed by atoms with Gasteiger partial charge in [0.2, 0.25) is 0 Å². The summed E-state index contributed by atoms with van der Waals surface area (Å²) >= 11 is 3.27. The number of halogens is 2. The summed E-state index contributed by atoms with van der Waals surface area (Å²) in [5, 5.41) is 3.49. The fraction of sp³-hybridized carbons (Fsp3) is 0.333. The van der Waals surface area contributed by atoms with E-state index in [1.54, 1.807) is 0 Å². The maximum atomic E-state index is 13.4. The molecule has 0 amide bonds. The molecule has 1 unspecified atom stereocenters. The van der Waals surface area contributed by atoms with Crippen LogP contribution in [0.5, 0.6) is 0 Å². The lowest BCUT2D eigenvalue weighted by molar-refractivity contribution is 0.608. The van der Waals surface area contributed by atoms with Crippen molar-refractivity contribution in [3.63, 3.8) is 0 Å². The summed E-state index contributed by atoms with van der Waals surface area (Å²) in [6.07, 6.45) is 2.22. The minimum absolute atomic E-state index is 0.0868. The van der Waals surface area contributed by atoms with E-state index in [0.717, 1.165) is 24.9 Å². The second-order valence-corrected chi connectivity index (χ2v) is 6.01. The van der Waals surface area contributed by atoms with E-state index in [4.69, 9.17) is 0 Å². The fourth-order valence-corrected chi connectivity index (χ4v) is 2.94. The number of hydrogen-bond donors (Lipinski definition) is 1. The van der Waals surface area contributed by atoms with Crippen LogP contribution in [0.4, 0.5) is 4.39 Å². The van der Waals surface area contributed by atoms with Gasteiger partial charge in [0, 0.05) is 0 Å². The molecule has 0 fully saturated rings. The summed E-state index contributed by atoms with van der Waals surface area (Å²) in [6.45, 7) is 5.13. The molecule has 0 bridgehead atoms. The Balaban J connectivity index is 2.37. The summed E-state index contributed by atoms with van der Waals surface area (Å²) in [6, 6.07) is 13.9. The number of hydrogen-bond acceptors (Lipinski definition) is 1. The zero-order valence-corrected chi connectivity index (χ0v) is 14.1. The highest BCUT2D eigenvalue weighted by molar-refractivity contribution is 9.10. The van der Waals surface area contributed by atoms with Crippen LogP contribution in [0.3, 0.4) is 0 Å². The number of rotatable bonds is 6. The Morgan fingerprint density at radius 3 is 2.52 bits per heavy atom. The van der Waals surface area contributed by atoms with E-state index < -0.39 is 0 Å². The molecule has 21 heavy (non-hydrogen) atoms. The molecule has 3 heteroatoms. The van der Waals surface area contributed by atoms with Crippen molar-refractivity contribution in [3.05, 3.63) is 69.4 Å². The van der Waals surface area contributed by atoms with Crippen LogP contribution >= 0.6 is 15.9 Å². The Bertz CT molecular complexity index is 598. The van der Waals surface area contributed by atoms with E-state index in [2.05, 4.69) is 59.4 Å². The van der Waals surface area contributed by atoms with Crippen LogP contribution in [0.2, 0.25) is 0 Å². The average molecular weight is 350 g/mol. The molecule has 0 spiro atoms. The van der Waals surface area contributed by atoms with Crippen molar-refractivity contribution in [3.8, 4) is 0 Å². The Labute approximate surface area is 134 Å². The molecule has 2 aromatic rings. The molecule has 0 aromatic heterocycles. The van der Waals surface area contributed by atoms with Crippen LogP contribution in [-0.2, 0) is 6.42 Å². The van der Waals surface area contributed by atoms with Crippen molar-refractivity contribution in [1.82, 2.24) is 5.32 Å². The first kappa shape index (κ1) is 16.2. The van der Waals surface area contributed by atoms with Crippen molar-refractivity contribution >= 4 is 15.9 Å². The van der Waals surface area contributed by atoms with E-state index in [1.807, 2.05) is 12.1 Å². The standard InChI is InChI=1S/C18H21BrFN/c1-3-6-13-7-5-8-14(11-13)18(21-4-2)15-9-10-17(20)16(19)12-15/h5,7-12,18,21H,3-4,6H2,1-2H3. The van der Waals surface area contributed by atoms with Crippen LogP contribution in [-0.4, -0.2) is 6.54 Å². The Morgan fingerprint density at radius 1 is 1.10 bits per heavy atom. The Hall–Kier alpha value is -1.19. The van der Waals surface area contributed by atoms with Gasteiger partial charge in [-0.3, -0.25) is 0 Å². The van der Waals surface area contributed by atoms with E-state index in [1.165, 1.54) is 17.2 Å². The molecular formula is C18H21BrFN. The van der Waals surface area contributed by atoms with Crippen molar-refractivity contribution in [2.75, 3.05) is 6.54 Å². The van der Waals surface area contributed by atoms with Gasteiger partial charge in [-0.15, -0.1) is 0 Å². The van der Waals surface area contributed by atoms with Crippen molar-refractivity contribution in [1.29, 1.82) is 0 Å². The van der Waals surface area contributed by atoms with Gasteiger partial charge in [-0.25, -0.2) is 4.39 Å². The van der Waals surface area contributed by atoms with Gasteiger partial charge < -0.3 is 5.32 Å². The van der Waals surface area contributed by atoms with E-state index in [-0.39, 0.29) is 11.9 Å². The minimum Gasteiger partial charge on any atom is -0.307 e. The molecule has 0 aliphatic heterocycles. The first-order chi connectivity index (χ1) is 10.2. The van der Waals surface area contributed by atoms with Crippen molar-refractivity contribution < 1.29 is 4.39 Å². The molecule has 2 aromatic carbocycles. The number of nitrogens with one attached hydrogen (secondary N) is 1. The van der Waals surface area contributed by atoms with E-state index >= 15 is 0 Å². The molecule has 1 N–H and O–H groups in total. The average Bonchev–Trinajstić information content (AvgIpc) is 2.48. The minimum atomic E-state index is -0.228. The van der Waals surface area contributed by atoms with E-state index in [9.17, 15) is 4.39 Å². The largest absolute Gasteiger partial charge is 0.307 e. The van der Waals surface area contributed by atoms with Crippen LogP contribution in [0, 0.1) is 5.82 Å². The number of benzene rings is 2. The zero-order valence-electron chi connectivity index (χ0n) is 12.5. The van der Waals surface area contributed by atoms with Crippen LogP contribution in [0.15, 0.2) is 46.9 Å². The Kier molecular flexibility index (Phi) is 5.95.